The summed E-state index contributed by atoms with van der Waals surface area (Å²) in [4.78, 5) is 0. The van der Waals surface area contributed by atoms with Gasteiger partial charge in [0, 0.05) is 22.7 Å². The normalized spacial score (nSPS) is 11.6. The molecule has 0 aliphatic heterocycles. The SMILES string of the molecule is C.C[N+](C)(C)CCC[n+]1c(-c2ccccc2)c2cc(N)ccc2c2ccccc21. The molecule has 0 aliphatic rings. The lowest BCUT2D eigenvalue weighted by molar-refractivity contribution is -0.872. The topological polar surface area (TPSA) is 29.9 Å². The summed E-state index contributed by atoms with van der Waals surface area (Å²) in [6.07, 6.45) is 1.12. The number of aromatic nitrogens is 1. The number of nitrogens with two attached hydrogens (primary N) is 1. The number of anilines is 1. The van der Waals surface area contributed by atoms with Crippen molar-refractivity contribution in [3.05, 3.63) is 72.8 Å². The van der Waals surface area contributed by atoms with E-state index >= 15 is 0 Å². The quantitative estimate of drug-likeness (QED) is 0.215. The number of nitrogens with zero attached hydrogens (tertiary/aromatic N) is 2. The Hall–Kier alpha value is -2.91. The highest BCUT2D eigenvalue weighted by molar-refractivity contribution is 6.09. The first-order valence-corrected chi connectivity index (χ1v) is 9.94. The van der Waals surface area contributed by atoms with E-state index in [0.29, 0.717) is 0 Å². The number of quaternary nitrogens is 1. The molecule has 0 bridgehead atoms. The summed E-state index contributed by atoms with van der Waals surface area (Å²) in [7, 11) is 6.76. The van der Waals surface area contributed by atoms with Crippen LogP contribution in [-0.4, -0.2) is 32.2 Å². The van der Waals surface area contributed by atoms with Crippen LogP contribution in [0.4, 0.5) is 5.69 Å². The predicted octanol–water partition coefficient (Wildman–Crippen LogP) is 5.26. The van der Waals surface area contributed by atoms with Crippen molar-refractivity contribution in [1.29, 1.82) is 0 Å². The average molecular weight is 388 g/mol. The van der Waals surface area contributed by atoms with E-state index in [0.717, 1.165) is 29.7 Å². The van der Waals surface area contributed by atoms with Gasteiger partial charge in [-0.1, -0.05) is 43.8 Å². The van der Waals surface area contributed by atoms with Gasteiger partial charge < -0.3 is 10.2 Å². The molecule has 1 heterocycles. The molecule has 3 heteroatoms. The molecule has 0 amide bonds. The Morgan fingerprint density at radius 2 is 1.48 bits per heavy atom. The van der Waals surface area contributed by atoms with Gasteiger partial charge in [-0.25, -0.2) is 0 Å². The molecule has 4 aromatic rings. The standard InChI is InChI=1S/C25H29N3.CH4/c1-28(2,3)17-9-16-27-24-13-8-7-12-22(24)21-15-14-20(26)18-23(21)25(27)19-10-5-4-6-11-19;/h4-8,10-15,18H,9,16-17,26H2,1-3H3;1H4/q+2;. The maximum absolute atomic E-state index is 6.21. The second-order valence-corrected chi connectivity index (χ2v) is 8.56. The maximum Gasteiger partial charge on any atom is 0.220 e. The van der Waals surface area contributed by atoms with Crippen LogP contribution in [0.3, 0.4) is 0 Å². The number of rotatable bonds is 5. The highest BCUT2D eigenvalue weighted by atomic mass is 15.3. The van der Waals surface area contributed by atoms with E-state index in [1.54, 1.807) is 0 Å². The number of hydrogen-bond donors (Lipinski definition) is 1. The van der Waals surface area contributed by atoms with Crippen LogP contribution in [0.15, 0.2) is 72.8 Å². The van der Waals surface area contributed by atoms with Crippen LogP contribution in [0.1, 0.15) is 13.8 Å². The van der Waals surface area contributed by atoms with Crippen LogP contribution < -0.4 is 10.3 Å². The molecule has 3 nitrogen and oxygen atoms in total. The summed E-state index contributed by atoms with van der Waals surface area (Å²) in [5.41, 5.74) is 10.8. The summed E-state index contributed by atoms with van der Waals surface area (Å²) in [6.45, 7) is 2.11. The van der Waals surface area contributed by atoms with E-state index in [4.69, 9.17) is 5.73 Å². The second-order valence-electron chi connectivity index (χ2n) is 8.56. The zero-order valence-corrected chi connectivity index (χ0v) is 17.0. The molecule has 29 heavy (non-hydrogen) atoms. The molecule has 0 unspecified atom stereocenters. The van der Waals surface area contributed by atoms with E-state index in [-0.39, 0.29) is 7.43 Å². The second kappa shape index (κ2) is 8.22. The fourth-order valence-electron chi connectivity index (χ4n) is 4.04. The molecule has 4 rings (SSSR count). The lowest BCUT2D eigenvalue weighted by Gasteiger charge is -2.23. The van der Waals surface area contributed by atoms with Crippen molar-refractivity contribution < 1.29 is 9.05 Å². The molecule has 1 aromatic heterocycles. The summed E-state index contributed by atoms with van der Waals surface area (Å²) >= 11 is 0. The molecule has 0 spiro atoms. The van der Waals surface area contributed by atoms with Crippen molar-refractivity contribution in [3.8, 4) is 11.3 Å². The summed E-state index contributed by atoms with van der Waals surface area (Å²) in [5.74, 6) is 0. The Labute approximate surface area is 174 Å². The first-order chi connectivity index (χ1) is 13.4. The van der Waals surface area contributed by atoms with Crippen molar-refractivity contribution in [2.24, 2.45) is 0 Å². The Bertz CT molecular complexity index is 1130. The molecule has 0 atom stereocenters. The third-order valence-corrected chi connectivity index (χ3v) is 5.31. The van der Waals surface area contributed by atoms with E-state index in [2.05, 4.69) is 92.4 Å². The van der Waals surface area contributed by atoms with E-state index in [1.807, 2.05) is 6.07 Å². The Balaban J connectivity index is 0.00000240. The van der Waals surface area contributed by atoms with Gasteiger partial charge in [0.25, 0.3) is 0 Å². The number of benzene rings is 3. The fourth-order valence-corrected chi connectivity index (χ4v) is 4.04. The maximum atomic E-state index is 6.21. The zero-order valence-electron chi connectivity index (χ0n) is 17.0. The number of pyridine rings is 1. The molecule has 2 N–H and O–H groups in total. The van der Waals surface area contributed by atoms with Crippen LogP contribution in [-0.2, 0) is 6.54 Å². The molecule has 3 aromatic carbocycles. The first-order valence-electron chi connectivity index (χ1n) is 9.94. The number of para-hydroxylation sites is 1. The largest absolute Gasteiger partial charge is 0.399 e. The summed E-state index contributed by atoms with van der Waals surface area (Å²) in [6, 6.07) is 25.7. The van der Waals surface area contributed by atoms with Crippen LogP contribution in [0, 0.1) is 0 Å². The summed E-state index contributed by atoms with van der Waals surface area (Å²) in [5, 5.41) is 3.75. The van der Waals surface area contributed by atoms with Crippen LogP contribution in [0.5, 0.6) is 0 Å². The van der Waals surface area contributed by atoms with Crippen LogP contribution >= 0.6 is 0 Å². The minimum Gasteiger partial charge on any atom is -0.399 e. The summed E-state index contributed by atoms with van der Waals surface area (Å²) < 4.78 is 3.46. The smallest absolute Gasteiger partial charge is 0.220 e. The molecular weight excluding hydrogens is 354 g/mol. The van der Waals surface area contributed by atoms with Gasteiger partial charge in [0.15, 0.2) is 6.54 Å². The van der Waals surface area contributed by atoms with Crippen molar-refractivity contribution in [1.82, 2.24) is 0 Å². The zero-order chi connectivity index (χ0) is 19.7. The van der Waals surface area contributed by atoms with Crippen LogP contribution in [0.2, 0.25) is 0 Å². The Morgan fingerprint density at radius 3 is 2.21 bits per heavy atom. The van der Waals surface area contributed by atoms with E-state index < -0.39 is 0 Å². The minimum absolute atomic E-state index is 0. The monoisotopic (exact) mass is 387 g/mol. The molecule has 0 fully saturated rings. The van der Waals surface area contributed by atoms with Crippen molar-refractivity contribution >= 4 is 27.4 Å². The Kier molecular flexibility index (Phi) is 5.90. The van der Waals surface area contributed by atoms with Gasteiger partial charge in [-0.3, -0.25) is 0 Å². The fraction of sp³-hybridized carbons (Fsp3) is 0.269. The van der Waals surface area contributed by atoms with Gasteiger partial charge in [-0.15, -0.1) is 0 Å². The van der Waals surface area contributed by atoms with Crippen LogP contribution in [0.25, 0.3) is 32.9 Å². The Morgan fingerprint density at radius 1 is 0.793 bits per heavy atom. The first kappa shape index (κ1) is 20.8. The third-order valence-electron chi connectivity index (χ3n) is 5.31. The number of fused-ring (bicyclic) bond motifs is 3. The molecule has 0 saturated carbocycles. The molecule has 0 radical (unpaired) electrons. The van der Waals surface area contributed by atoms with Gasteiger partial charge in [0.2, 0.25) is 11.2 Å². The number of nitrogen functional groups attached to an aromatic ring is 1. The highest BCUT2D eigenvalue weighted by Gasteiger charge is 2.23. The average Bonchev–Trinajstić information content (AvgIpc) is 2.67. The van der Waals surface area contributed by atoms with Crippen molar-refractivity contribution in [2.75, 3.05) is 33.4 Å². The number of aryl methyl sites for hydroxylation is 1. The molecule has 150 valence electrons. The van der Waals surface area contributed by atoms with Crippen molar-refractivity contribution in [3.63, 3.8) is 0 Å². The predicted molar refractivity (Wildman–Crippen MR) is 126 cm³/mol. The molecule has 0 aliphatic carbocycles. The van der Waals surface area contributed by atoms with Gasteiger partial charge in [-0.2, -0.15) is 4.57 Å². The lowest BCUT2D eigenvalue weighted by atomic mass is 9.98. The third kappa shape index (κ3) is 4.25. The van der Waals surface area contributed by atoms with E-state index in [1.165, 1.54) is 32.9 Å². The highest BCUT2D eigenvalue weighted by Crippen LogP contribution is 2.32. The molecule has 0 saturated heterocycles. The van der Waals surface area contributed by atoms with Gasteiger partial charge in [-0.05, 0) is 30.3 Å². The molecular formula is C26H33N3+2. The lowest BCUT2D eigenvalue weighted by Crippen LogP contribution is -2.42. The minimum atomic E-state index is 0. The van der Waals surface area contributed by atoms with Gasteiger partial charge >= 0.3 is 0 Å². The van der Waals surface area contributed by atoms with Gasteiger partial charge in [0.1, 0.15) is 0 Å². The van der Waals surface area contributed by atoms with E-state index in [9.17, 15) is 0 Å². The number of hydrogen-bond acceptors (Lipinski definition) is 1. The van der Waals surface area contributed by atoms with Crippen molar-refractivity contribution in [2.45, 2.75) is 20.4 Å². The van der Waals surface area contributed by atoms with Gasteiger partial charge in [0.05, 0.1) is 44.9 Å².